The monoisotopic (exact) mass is 223 g/mol. The molecule has 3 heteroatoms. The van der Waals surface area contributed by atoms with Crippen LogP contribution in [0.2, 0.25) is 0 Å². The van der Waals surface area contributed by atoms with Crippen LogP contribution < -0.4 is 10.1 Å². The fourth-order valence-corrected chi connectivity index (χ4v) is 2.63. The lowest BCUT2D eigenvalue weighted by atomic mass is 9.82. The molecule has 0 spiro atoms. The van der Waals surface area contributed by atoms with Crippen LogP contribution in [-0.4, -0.2) is 20.7 Å². The van der Waals surface area contributed by atoms with Crippen molar-refractivity contribution in [2.75, 3.05) is 20.7 Å². The minimum Gasteiger partial charge on any atom is -0.496 e. The van der Waals surface area contributed by atoms with Gasteiger partial charge in [-0.05, 0) is 49.9 Å². The Kier molecular flexibility index (Phi) is 3.44. The summed E-state index contributed by atoms with van der Waals surface area (Å²) in [4.78, 5) is 0. The summed E-state index contributed by atoms with van der Waals surface area (Å²) in [5.74, 6) is 1.02. The number of fused-ring (bicyclic) bond motifs is 1. The molecule has 1 aromatic rings. The van der Waals surface area contributed by atoms with E-state index in [0.29, 0.717) is 0 Å². The number of methoxy groups -OCH3 is 1. The normalized spacial score (nSPS) is 19.3. The Morgan fingerprint density at radius 2 is 2.31 bits per heavy atom. The van der Waals surface area contributed by atoms with Crippen molar-refractivity contribution in [2.24, 2.45) is 0 Å². The summed E-state index contributed by atoms with van der Waals surface area (Å²) >= 11 is 0. The van der Waals surface area contributed by atoms with Crippen molar-refractivity contribution in [1.82, 2.24) is 5.32 Å². The Balaban J connectivity index is 2.45. The van der Waals surface area contributed by atoms with Crippen LogP contribution in [0.5, 0.6) is 5.75 Å². The van der Waals surface area contributed by atoms with Gasteiger partial charge in [-0.2, -0.15) is 0 Å². The van der Waals surface area contributed by atoms with E-state index in [-0.39, 0.29) is 11.7 Å². The van der Waals surface area contributed by atoms with Crippen LogP contribution in [0.4, 0.5) is 4.39 Å². The van der Waals surface area contributed by atoms with E-state index in [1.54, 1.807) is 13.2 Å². The molecule has 0 bridgehead atoms. The molecule has 1 aromatic carbocycles. The zero-order valence-electron chi connectivity index (χ0n) is 9.85. The number of hydrogen-bond donors (Lipinski definition) is 1. The van der Waals surface area contributed by atoms with Crippen molar-refractivity contribution in [1.29, 1.82) is 0 Å². The third kappa shape index (κ3) is 1.92. The molecule has 1 aliphatic rings. The lowest BCUT2D eigenvalue weighted by Crippen LogP contribution is -2.22. The highest BCUT2D eigenvalue weighted by molar-refractivity contribution is 5.44. The SMILES string of the molecule is CNC[C@@H]1CCCc2c(OC)ccc(F)c21. The average molecular weight is 223 g/mol. The molecule has 16 heavy (non-hydrogen) atoms. The van der Waals surface area contributed by atoms with Crippen LogP contribution >= 0.6 is 0 Å². The second-order valence-corrected chi connectivity index (χ2v) is 4.29. The molecule has 0 aliphatic heterocycles. The number of likely N-dealkylation sites (N-methyl/N-ethyl adjacent to an activating group) is 1. The van der Waals surface area contributed by atoms with Crippen LogP contribution in [0.25, 0.3) is 0 Å². The summed E-state index contributed by atoms with van der Waals surface area (Å²) in [6, 6.07) is 3.25. The fraction of sp³-hybridized carbons (Fsp3) is 0.538. The minimum atomic E-state index is -0.0873. The second-order valence-electron chi connectivity index (χ2n) is 4.29. The first-order valence-corrected chi connectivity index (χ1v) is 5.77. The zero-order valence-corrected chi connectivity index (χ0v) is 9.85. The van der Waals surface area contributed by atoms with Crippen molar-refractivity contribution in [3.05, 3.63) is 29.1 Å². The van der Waals surface area contributed by atoms with E-state index < -0.39 is 0 Å². The van der Waals surface area contributed by atoms with Gasteiger partial charge in [0.2, 0.25) is 0 Å². The maximum atomic E-state index is 13.9. The van der Waals surface area contributed by atoms with Gasteiger partial charge in [0.1, 0.15) is 11.6 Å². The van der Waals surface area contributed by atoms with Gasteiger partial charge in [0, 0.05) is 12.1 Å². The van der Waals surface area contributed by atoms with Crippen LogP contribution in [0, 0.1) is 5.82 Å². The zero-order chi connectivity index (χ0) is 11.5. The van der Waals surface area contributed by atoms with Crippen molar-refractivity contribution in [3.8, 4) is 5.75 Å². The molecule has 0 heterocycles. The number of nitrogens with one attached hydrogen (secondary N) is 1. The molecule has 0 aromatic heterocycles. The lowest BCUT2D eigenvalue weighted by molar-refractivity contribution is 0.397. The molecule has 0 saturated heterocycles. The van der Waals surface area contributed by atoms with Crippen LogP contribution in [-0.2, 0) is 6.42 Å². The predicted octanol–water partition coefficient (Wildman–Crippen LogP) is 2.47. The lowest BCUT2D eigenvalue weighted by Gasteiger charge is -2.27. The van der Waals surface area contributed by atoms with E-state index in [2.05, 4.69) is 5.32 Å². The van der Waals surface area contributed by atoms with E-state index in [4.69, 9.17) is 4.74 Å². The Labute approximate surface area is 95.8 Å². The smallest absolute Gasteiger partial charge is 0.127 e. The summed E-state index contributed by atoms with van der Waals surface area (Å²) in [5, 5.41) is 3.14. The summed E-state index contributed by atoms with van der Waals surface area (Å²) in [6.45, 7) is 0.830. The summed E-state index contributed by atoms with van der Waals surface area (Å²) in [5.41, 5.74) is 1.92. The molecule has 0 unspecified atom stereocenters. The summed E-state index contributed by atoms with van der Waals surface area (Å²) in [6.07, 6.45) is 3.09. The van der Waals surface area contributed by atoms with Gasteiger partial charge >= 0.3 is 0 Å². The maximum absolute atomic E-state index is 13.9. The number of ether oxygens (including phenoxy) is 1. The van der Waals surface area contributed by atoms with Crippen molar-refractivity contribution in [3.63, 3.8) is 0 Å². The van der Waals surface area contributed by atoms with E-state index in [0.717, 1.165) is 42.7 Å². The van der Waals surface area contributed by atoms with E-state index in [1.807, 2.05) is 7.05 Å². The maximum Gasteiger partial charge on any atom is 0.127 e. The molecule has 0 radical (unpaired) electrons. The number of hydrogen-bond acceptors (Lipinski definition) is 2. The molecule has 0 fully saturated rings. The quantitative estimate of drug-likeness (QED) is 0.850. The molecule has 0 amide bonds. The van der Waals surface area contributed by atoms with E-state index in [9.17, 15) is 4.39 Å². The van der Waals surface area contributed by atoms with Gasteiger partial charge in [-0.25, -0.2) is 4.39 Å². The summed E-state index contributed by atoms with van der Waals surface area (Å²) in [7, 11) is 3.56. The Morgan fingerprint density at radius 3 is 3.00 bits per heavy atom. The van der Waals surface area contributed by atoms with Gasteiger partial charge in [0.25, 0.3) is 0 Å². The molecular weight excluding hydrogens is 205 g/mol. The highest BCUT2D eigenvalue weighted by Gasteiger charge is 2.25. The summed E-state index contributed by atoms with van der Waals surface area (Å²) < 4.78 is 19.2. The van der Waals surface area contributed by atoms with Crippen molar-refractivity contribution in [2.45, 2.75) is 25.2 Å². The van der Waals surface area contributed by atoms with E-state index >= 15 is 0 Å². The molecule has 0 saturated carbocycles. The fourth-order valence-electron chi connectivity index (χ4n) is 2.63. The minimum absolute atomic E-state index is 0.0873. The second kappa shape index (κ2) is 4.83. The van der Waals surface area contributed by atoms with Gasteiger partial charge in [0.15, 0.2) is 0 Å². The molecule has 1 N–H and O–H groups in total. The third-order valence-corrected chi connectivity index (χ3v) is 3.32. The highest BCUT2D eigenvalue weighted by Crippen LogP contribution is 2.37. The van der Waals surface area contributed by atoms with Crippen molar-refractivity contribution >= 4 is 0 Å². The molecule has 88 valence electrons. The van der Waals surface area contributed by atoms with Crippen LogP contribution in [0.3, 0.4) is 0 Å². The van der Waals surface area contributed by atoms with Gasteiger partial charge in [0.05, 0.1) is 7.11 Å². The predicted molar refractivity (Wildman–Crippen MR) is 62.6 cm³/mol. The Bertz CT molecular complexity index is 378. The van der Waals surface area contributed by atoms with Crippen molar-refractivity contribution < 1.29 is 9.13 Å². The first-order valence-electron chi connectivity index (χ1n) is 5.77. The van der Waals surface area contributed by atoms with Gasteiger partial charge < -0.3 is 10.1 Å². The topological polar surface area (TPSA) is 21.3 Å². The van der Waals surface area contributed by atoms with Gasteiger partial charge in [-0.3, -0.25) is 0 Å². The van der Waals surface area contributed by atoms with Gasteiger partial charge in [-0.15, -0.1) is 0 Å². The molecule has 1 aliphatic carbocycles. The number of rotatable bonds is 3. The third-order valence-electron chi connectivity index (χ3n) is 3.32. The molecule has 1 atom stereocenters. The molecule has 2 rings (SSSR count). The standard InChI is InChI=1S/C13H18FNO/c1-15-8-9-4-3-5-10-12(16-2)7-6-11(14)13(9)10/h6-7,9,15H,3-5,8H2,1-2H3/t9-/m0/s1. The Morgan fingerprint density at radius 1 is 1.50 bits per heavy atom. The highest BCUT2D eigenvalue weighted by atomic mass is 19.1. The van der Waals surface area contributed by atoms with Crippen LogP contribution in [0.15, 0.2) is 12.1 Å². The Hall–Kier alpha value is -1.09. The van der Waals surface area contributed by atoms with E-state index in [1.165, 1.54) is 6.07 Å². The first-order chi connectivity index (χ1) is 7.77. The average Bonchev–Trinajstić information content (AvgIpc) is 2.30. The number of benzene rings is 1. The first kappa shape index (κ1) is 11.4. The molecule has 2 nitrogen and oxygen atoms in total. The van der Waals surface area contributed by atoms with Crippen LogP contribution in [0.1, 0.15) is 29.9 Å². The molecular formula is C13H18FNO. The number of halogens is 1. The van der Waals surface area contributed by atoms with Gasteiger partial charge in [-0.1, -0.05) is 0 Å². The largest absolute Gasteiger partial charge is 0.496 e.